The Balaban J connectivity index is 2.08. The van der Waals surface area contributed by atoms with Gasteiger partial charge in [0.2, 0.25) is 0 Å². The summed E-state index contributed by atoms with van der Waals surface area (Å²) in [4.78, 5) is 14.5. The molecule has 0 bridgehead atoms. The van der Waals surface area contributed by atoms with Gasteiger partial charge in [0.25, 0.3) is 5.91 Å². The largest absolute Gasteiger partial charge is 0.497 e. The van der Waals surface area contributed by atoms with Crippen LogP contribution in [-0.2, 0) is 0 Å². The maximum absolute atomic E-state index is 12.4. The lowest BCUT2D eigenvalue weighted by Gasteiger charge is -2.24. The van der Waals surface area contributed by atoms with E-state index in [0.29, 0.717) is 17.9 Å². The summed E-state index contributed by atoms with van der Waals surface area (Å²) in [6.45, 7) is 0.548. The fourth-order valence-corrected chi connectivity index (χ4v) is 3.29. The highest BCUT2D eigenvalue weighted by Crippen LogP contribution is 2.23. The molecule has 1 amide bonds. The van der Waals surface area contributed by atoms with Crippen LogP contribution in [0.5, 0.6) is 5.75 Å². The van der Waals surface area contributed by atoms with Gasteiger partial charge in [-0.25, -0.2) is 0 Å². The predicted molar refractivity (Wildman–Crippen MR) is 93.8 cm³/mol. The van der Waals surface area contributed by atoms with Crippen LogP contribution in [0, 0.1) is 0 Å². The lowest BCUT2D eigenvalue weighted by atomic mass is 10.1. The van der Waals surface area contributed by atoms with Gasteiger partial charge in [0.1, 0.15) is 5.75 Å². The molecule has 0 saturated heterocycles. The van der Waals surface area contributed by atoms with E-state index in [2.05, 4.69) is 37.6 Å². The van der Waals surface area contributed by atoms with E-state index >= 15 is 0 Å². The molecule has 118 valence electrons. The topological polar surface area (TPSA) is 41.6 Å². The first-order valence-electron chi connectivity index (χ1n) is 6.83. The first kappa shape index (κ1) is 17.0. The molecule has 6 heteroatoms. The molecule has 0 aliphatic carbocycles. The van der Waals surface area contributed by atoms with Crippen molar-refractivity contribution >= 4 is 33.2 Å². The Labute approximate surface area is 143 Å². The predicted octanol–water partition coefficient (Wildman–Crippen LogP) is 3.55. The van der Waals surface area contributed by atoms with Crippen LogP contribution in [0.1, 0.15) is 22.0 Å². The highest BCUT2D eigenvalue weighted by molar-refractivity contribution is 9.10. The Kier molecular flexibility index (Phi) is 5.99. The highest BCUT2D eigenvalue weighted by atomic mass is 79.9. The molecular weight excluding hydrogens is 364 g/mol. The minimum atomic E-state index is -0.118. The molecule has 0 fully saturated rings. The van der Waals surface area contributed by atoms with Gasteiger partial charge < -0.3 is 15.0 Å². The summed E-state index contributed by atoms with van der Waals surface area (Å²) in [5, 5.41) is 7.16. The normalized spacial score (nSPS) is 12.2. The molecule has 0 saturated carbocycles. The van der Waals surface area contributed by atoms with Gasteiger partial charge in [-0.1, -0.05) is 0 Å². The van der Waals surface area contributed by atoms with Crippen LogP contribution in [0.25, 0.3) is 0 Å². The van der Waals surface area contributed by atoms with Crippen LogP contribution >= 0.6 is 27.3 Å². The van der Waals surface area contributed by atoms with Crippen LogP contribution in [0.15, 0.2) is 39.5 Å². The number of ether oxygens (including phenoxy) is 1. The van der Waals surface area contributed by atoms with Crippen molar-refractivity contribution in [1.29, 1.82) is 0 Å². The van der Waals surface area contributed by atoms with Crippen molar-refractivity contribution in [2.75, 3.05) is 27.7 Å². The van der Waals surface area contributed by atoms with E-state index in [1.807, 2.05) is 31.6 Å². The van der Waals surface area contributed by atoms with Crippen LogP contribution in [0.2, 0.25) is 0 Å². The number of halogens is 1. The second-order valence-electron chi connectivity index (χ2n) is 5.09. The van der Waals surface area contributed by atoms with Gasteiger partial charge in [-0.05, 0) is 70.6 Å². The van der Waals surface area contributed by atoms with Gasteiger partial charge in [0.15, 0.2) is 0 Å². The number of hydrogen-bond donors (Lipinski definition) is 1. The van der Waals surface area contributed by atoms with Gasteiger partial charge >= 0.3 is 0 Å². The second kappa shape index (κ2) is 7.76. The number of carbonyl (C=O) groups is 1. The summed E-state index contributed by atoms with van der Waals surface area (Å²) in [7, 11) is 5.61. The SMILES string of the molecule is COc1ccc(Br)c(C(=O)NCC(c2ccsc2)N(C)C)c1. The van der Waals surface area contributed by atoms with Crippen molar-refractivity contribution in [3.8, 4) is 5.75 Å². The third-order valence-electron chi connectivity index (χ3n) is 3.43. The van der Waals surface area contributed by atoms with E-state index < -0.39 is 0 Å². The number of methoxy groups -OCH3 is 1. The summed E-state index contributed by atoms with van der Waals surface area (Å²) in [5.74, 6) is 0.545. The summed E-state index contributed by atoms with van der Waals surface area (Å²) in [5.41, 5.74) is 1.78. The van der Waals surface area contributed by atoms with Gasteiger partial charge in [0.05, 0.1) is 18.7 Å². The van der Waals surface area contributed by atoms with Crippen molar-refractivity contribution in [2.24, 2.45) is 0 Å². The average Bonchev–Trinajstić information content (AvgIpc) is 3.01. The molecule has 2 rings (SSSR count). The molecule has 1 N–H and O–H groups in total. The second-order valence-corrected chi connectivity index (χ2v) is 6.73. The Morgan fingerprint density at radius 2 is 2.18 bits per heavy atom. The number of nitrogens with zero attached hydrogens (tertiary/aromatic N) is 1. The fourth-order valence-electron chi connectivity index (χ4n) is 2.15. The summed E-state index contributed by atoms with van der Waals surface area (Å²) < 4.78 is 5.93. The number of amides is 1. The van der Waals surface area contributed by atoms with Crippen LogP contribution in [0.4, 0.5) is 0 Å². The van der Waals surface area contributed by atoms with Gasteiger partial charge in [0, 0.05) is 11.0 Å². The molecule has 22 heavy (non-hydrogen) atoms. The zero-order valence-electron chi connectivity index (χ0n) is 12.8. The van der Waals surface area contributed by atoms with Gasteiger partial charge in [-0.2, -0.15) is 11.3 Å². The molecule has 1 aromatic heterocycles. The zero-order valence-corrected chi connectivity index (χ0v) is 15.2. The van der Waals surface area contributed by atoms with Crippen molar-refractivity contribution in [1.82, 2.24) is 10.2 Å². The minimum Gasteiger partial charge on any atom is -0.497 e. The van der Waals surface area contributed by atoms with Crippen LogP contribution < -0.4 is 10.1 Å². The molecule has 0 aliphatic rings. The first-order valence-corrected chi connectivity index (χ1v) is 8.56. The smallest absolute Gasteiger partial charge is 0.252 e. The molecule has 4 nitrogen and oxygen atoms in total. The number of nitrogens with one attached hydrogen (secondary N) is 1. The standard InChI is InChI=1S/C16H19BrN2O2S/c1-19(2)15(11-6-7-22-10-11)9-18-16(20)13-8-12(21-3)4-5-14(13)17/h4-8,10,15H,9H2,1-3H3,(H,18,20). The van der Waals surface area contributed by atoms with Crippen LogP contribution in [0.3, 0.4) is 0 Å². The highest BCUT2D eigenvalue weighted by Gasteiger charge is 2.17. The van der Waals surface area contributed by atoms with Crippen molar-refractivity contribution in [3.05, 3.63) is 50.6 Å². The quantitative estimate of drug-likeness (QED) is 0.830. The molecule has 0 aliphatic heterocycles. The number of rotatable bonds is 6. The number of benzene rings is 1. The van der Waals surface area contributed by atoms with Crippen molar-refractivity contribution in [2.45, 2.75) is 6.04 Å². The maximum atomic E-state index is 12.4. The Morgan fingerprint density at radius 3 is 2.77 bits per heavy atom. The molecule has 0 spiro atoms. The van der Waals surface area contributed by atoms with E-state index in [0.717, 1.165) is 4.47 Å². The molecule has 0 radical (unpaired) electrons. The van der Waals surface area contributed by atoms with Gasteiger partial charge in [-0.15, -0.1) is 0 Å². The van der Waals surface area contributed by atoms with Crippen molar-refractivity contribution < 1.29 is 9.53 Å². The third-order valence-corrected chi connectivity index (χ3v) is 4.82. The molecule has 2 aromatic rings. The molecular formula is C16H19BrN2O2S. The third kappa shape index (κ3) is 4.09. The van der Waals surface area contributed by atoms with E-state index in [-0.39, 0.29) is 11.9 Å². The van der Waals surface area contributed by atoms with Crippen LogP contribution in [-0.4, -0.2) is 38.6 Å². The average molecular weight is 383 g/mol. The molecule has 1 atom stereocenters. The fraction of sp³-hybridized carbons (Fsp3) is 0.312. The summed E-state index contributed by atoms with van der Waals surface area (Å²) >= 11 is 5.07. The maximum Gasteiger partial charge on any atom is 0.252 e. The Hall–Kier alpha value is -1.37. The molecule has 1 heterocycles. The zero-order chi connectivity index (χ0) is 16.1. The van der Waals surface area contributed by atoms with E-state index in [1.165, 1.54) is 5.56 Å². The summed E-state index contributed by atoms with van der Waals surface area (Å²) in [6.07, 6.45) is 0. The molecule has 1 unspecified atom stereocenters. The number of carbonyl (C=O) groups excluding carboxylic acids is 1. The lowest BCUT2D eigenvalue weighted by Crippen LogP contribution is -2.34. The summed E-state index contributed by atoms with van der Waals surface area (Å²) in [6, 6.07) is 7.60. The monoisotopic (exact) mass is 382 g/mol. The van der Waals surface area contributed by atoms with Gasteiger partial charge in [-0.3, -0.25) is 4.79 Å². The number of likely N-dealkylation sites (N-methyl/N-ethyl adjacent to an activating group) is 1. The number of hydrogen-bond acceptors (Lipinski definition) is 4. The minimum absolute atomic E-state index is 0.118. The lowest BCUT2D eigenvalue weighted by molar-refractivity contribution is 0.0941. The first-order chi connectivity index (χ1) is 10.5. The van der Waals surface area contributed by atoms with E-state index in [9.17, 15) is 4.79 Å². The molecule has 1 aromatic carbocycles. The van der Waals surface area contributed by atoms with E-state index in [4.69, 9.17) is 4.74 Å². The number of thiophene rings is 1. The van der Waals surface area contributed by atoms with E-state index in [1.54, 1.807) is 24.5 Å². The Bertz CT molecular complexity index is 629. The van der Waals surface area contributed by atoms with Crippen molar-refractivity contribution in [3.63, 3.8) is 0 Å². The Morgan fingerprint density at radius 1 is 1.41 bits per heavy atom.